The molecule has 1 amide bonds. The Kier molecular flexibility index (Phi) is 8.25. The first-order chi connectivity index (χ1) is 18.6. The van der Waals surface area contributed by atoms with Crippen LogP contribution in [0.3, 0.4) is 0 Å². The molecule has 0 aromatic heterocycles. The Balaban J connectivity index is 1.40. The molecule has 3 heterocycles. The van der Waals surface area contributed by atoms with Crippen LogP contribution in [-0.4, -0.2) is 62.1 Å². The molecule has 7 nitrogen and oxygen atoms in total. The summed E-state index contributed by atoms with van der Waals surface area (Å²) in [5.41, 5.74) is 2.35. The number of amides is 1. The number of halogens is 1. The topological polar surface area (TPSA) is 60.5 Å². The molecule has 8 heteroatoms. The Hall–Kier alpha value is -3.42. The van der Waals surface area contributed by atoms with Crippen molar-refractivity contribution in [3.05, 3.63) is 82.4 Å². The number of rotatable bonds is 9. The molecule has 3 fully saturated rings. The van der Waals surface area contributed by atoms with Crippen molar-refractivity contribution in [2.75, 3.05) is 40.4 Å². The van der Waals surface area contributed by atoms with Crippen LogP contribution >= 0.6 is 11.6 Å². The third-order valence-corrected chi connectivity index (χ3v) is 7.68. The zero-order chi connectivity index (χ0) is 26.5. The third-order valence-electron chi connectivity index (χ3n) is 7.30. The molecular weight excluding hydrogens is 504 g/mol. The molecule has 0 spiro atoms. The number of carbonyl (C=O) groups excluding carboxylic acids is 1. The molecule has 0 N–H and O–H groups in total. The average Bonchev–Trinajstić information content (AvgIpc) is 3.30. The van der Waals surface area contributed by atoms with E-state index in [1.54, 1.807) is 26.4 Å². The number of methoxy groups -OCH3 is 2. The predicted octanol–water partition coefficient (Wildman–Crippen LogP) is 5.44. The largest absolute Gasteiger partial charge is 0.497 e. The van der Waals surface area contributed by atoms with E-state index in [1.807, 2.05) is 53.4 Å². The minimum atomic E-state index is -0.0558. The van der Waals surface area contributed by atoms with Crippen molar-refractivity contribution in [3.63, 3.8) is 0 Å². The maximum absolute atomic E-state index is 13.7. The average molecular weight is 537 g/mol. The number of nitrogens with zero attached hydrogens (tertiary/aromatic N) is 2. The first-order valence-electron chi connectivity index (χ1n) is 12.9. The second-order valence-electron chi connectivity index (χ2n) is 9.60. The minimum Gasteiger partial charge on any atom is -0.497 e. The summed E-state index contributed by atoms with van der Waals surface area (Å²) in [5.74, 6) is 2.34. The number of hydrogen-bond donors (Lipinski definition) is 0. The van der Waals surface area contributed by atoms with Crippen LogP contribution in [0.1, 0.15) is 34.3 Å². The highest BCUT2D eigenvalue weighted by atomic mass is 35.5. The quantitative estimate of drug-likeness (QED) is 0.363. The standard InChI is InChI=1S/C30H33ClN2O5/c1-35-24-7-3-21(4-8-24)19-37-27-12-11-26(30(34)33-18-17-32-15-13-23(33)14-16-32)28(31)29(27)38-20-22-5-9-25(36-2)10-6-22/h3-12,23H,13-20H2,1-2H3. The summed E-state index contributed by atoms with van der Waals surface area (Å²) in [6, 6.07) is 19.1. The van der Waals surface area contributed by atoms with Crippen molar-refractivity contribution in [1.82, 2.24) is 9.80 Å². The fourth-order valence-corrected chi connectivity index (χ4v) is 5.31. The van der Waals surface area contributed by atoms with Crippen molar-refractivity contribution in [1.29, 1.82) is 0 Å². The summed E-state index contributed by atoms with van der Waals surface area (Å²) < 4.78 is 22.9. The van der Waals surface area contributed by atoms with Gasteiger partial charge in [0.15, 0.2) is 11.5 Å². The second kappa shape index (κ2) is 12.0. The van der Waals surface area contributed by atoms with Gasteiger partial charge in [-0.1, -0.05) is 35.9 Å². The number of piperidine rings is 1. The van der Waals surface area contributed by atoms with Crippen LogP contribution in [0.25, 0.3) is 0 Å². The van der Waals surface area contributed by atoms with Crippen molar-refractivity contribution in [2.45, 2.75) is 32.1 Å². The van der Waals surface area contributed by atoms with Crippen molar-refractivity contribution >= 4 is 17.5 Å². The maximum Gasteiger partial charge on any atom is 0.255 e. The number of benzene rings is 3. The third kappa shape index (κ3) is 5.84. The van der Waals surface area contributed by atoms with Crippen molar-refractivity contribution in [2.24, 2.45) is 0 Å². The van der Waals surface area contributed by atoms with Gasteiger partial charge in [0.05, 0.1) is 24.8 Å². The van der Waals surface area contributed by atoms with E-state index in [2.05, 4.69) is 4.90 Å². The van der Waals surface area contributed by atoms with Gasteiger partial charge in [-0.25, -0.2) is 0 Å². The van der Waals surface area contributed by atoms with E-state index < -0.39 is 0 Å². The van der Waals surface area contributed by atoms with Gasteiger partial charge in [-0.2, -0.15) is 0 Å². The summed E-state index contributed by atoms with van der Waals surface area (Å²) >= 11 is 6.91. The van der Waals surface area contributed by atoms with E-state index in [1.165, 1.54) is 0 Å². The molecule has 38 heavy (non-hydrogen) atoms. The summed E-state index contributed by atoms with van der Waals surface area (Å²) in [6.07, 6.45) is 1.99. The van der Waals surface area contributed by atoms with E-state index >= 15 is 0 Å². The van der Waals surface area contributed by atoms with Crippen LogP contribution in [0.2, 0.25) is 5.02 Å². The smallest absolute Gasteiger partial charge is 0.255 e. The Morgan fingerprint density at radius 1 is 0.789 bits per heavy atom. The van der Waals surface area contributed by atoms with E-state index in [-0.39, 0.29) is 23.6 Å². The normalized spacial score (nSPS) is 18.6. The molecule has 0 atom stereocenters. The molecule has 2 bridgehead atoms. The van der Waals surface area contributed by atoms with Gasteiger partial charge in [0.2, 0.25) is 0 Å². The second-order valence-corrected chi connectivity index (χ2v) is 9.98. The van der Waals surface area contributed by atoms with Gasteiger partial charge in [-0.3, -0.25) is 4.79 Å². The van der Waals surface area contributed by atoms with Crippen LogP contribution in [0.15, 0.2) is 60.7 Å². The molecule has 3 saturated heterocycles. The molecule has 0 aliphatic carbocycles. The van der Waals surface area contributed by atoms with E-state index in [4.69, 9.17) is 30.5 Å². The molecule has 3 aliphatic rings. The molecule has 3 aliphatic heterocycles. The van der Waals surface area contributed by atoms with E-state index in [0.717, 1.165) is 55.1 Å². The van der Waals surface area contributed by atoms with Crippen molar-refractivity contribution < 1.29 is 23.7 Å². The summed E-state index contributed by atoms with van der Waals surface area (Å²) in [6.45, 7) is 4.26. The molecule has 6 rings (SSSR count). The number of fused-ring (bicyclic) bond motifs is 4. The molecule has 200 valence electrons. The monoisotopic (exact) mass is 536 g/mol. The summed E-state index contributed by atoms with van der Waals surface area (Å²) in [4.78, 5) is 18.1. The molecular formula is C30H33ClN2O5. The minimum absolute atomic E-state index is 0.0558. The fourth-order valence-electron chi connectivity index (χ4n) is 5.02. The summed E-state index contributed by atoms with van der Waals surface area (Å²) in [7, 11) is 3.27. The lowest BCUT2D eigenvalue weighted by molar-refractivity contribution is 0.0684. The predicted molar refractivity (Wildman–Crippen MR) is 147 cm³/mol. The molecule has 3 aromatic carbocycles. The van der Waals surface area contributed by atoms with Gasteiger partial charge < -0.3 is 28.7 Å². The summed E-state index contributed by atoms with van der Waals surface area (Å²) in [5, 5.41) is 0.273. The highest BCUT2D eigenvalue weighted by Crippen LogP contribution is 2.40. The molecule has 0 unspecified atom stereocenters. The van der Waals surface area contributed by atoms with Crippen LogP contribution in [0, 0.1) is 0 Å². The highest BCUT2D eigenvalue weighted by Gasteiger charge is 2.34. The maximum atomic E-state index is 13.7. The van der Waals surface area contributed by atoms with Gasteiger partial charge in [-0.15, -0.1) is 0 Å². The first-order valence-corrected chi connectivity index (χ1v) is 13.3. The number of carbonyl (C=O) groups is 1. The molecule has 0 radical (unpaired) electrons. The van der Waals surface area contributed by atoms with Gasteiger partial charge >= 0.3 is 0 Å². The number of hydrogen-bond acceptors (Lipinski definition) is 6. The highest BCUT2D eigenvalue weighted by molar-refractivity contribution is 6.35. The lowest BCUT2D eigenvalue weighted by Crippen LogP contribution is -2.41. The Labute approximate surface area is 228 Å². The van der Waals surface area contributed by atoms with E-state index in [9.17, 15) is 4.79 Å². The van der Waals surface area contributed by atoms with Gasteiger partial charge in [0.1, 0.15) is 24.7 Å². The van der Waals surface area contributed by atoms with Gasteiger partial charge in [-0.05, 0) is 60.4 Å². The zero-order valence-corrected chi connectivity index (χ0v) is 22.6. The van der Waals surface area contributed by atoms with Crippen LogP contribution in [0.4, 0.5) is 0 Å². The van der Waals surface area contributed by atoms with Crippen LogP contribution < -0.4 is 18.9 Å². The fraction of sp³-hybridized carbons (Fsp3) is 0.367. The molecule has 0 saturated carbocycles. The lowest BCUT2D eigenvalue weighted by Gasteiger charge is -2.31. The SMILES string of the molecule is COc1ccc(COc2ccc(C(=O)N3CCN4CCC3CC4)c(Cl)c2OCc2ccc(OC)cc2)cc1. The van der Waals surface area contributed by atoms with Crippen molar-refractivity contribution in [3.8, 4) is 23.0 Å². The van der Waals surface area contributed by atoms with Gasteiger partial charge in [0, 0.05) is 32.2 Å². The van der Waals surface area contributed by atoms with Crippen LogP contribution in [-0.2, 0) is 13.2 Å². The molecule has 3 aromatic rings. The van der Waals surface area contributed by atoms with Crippen LogP contribution in [0.5, 0.6) is 23.0 Å². The Bertz CT molecular complexity index is 1240. The van der Waals surface area contributed by atoms with E-state index in [0.29, 0.717) is 30.2 Å². The lowest BCUT2D eigenvalue weighted by atomic mass is 10.0. The Morgan fingerprint density at radius 2 is 1.37 bits per heavy atom. The Morgan fingerprint density at radius 3 is 1.95 bits per heavy atom. The number of ether oxygens (including phenoxy) is 4. The zero-order valence-electron chi connectivity index (χ0n) is 21.8. The van der Waals surface area contributed by atoms with Gasteiger partial charge in [0.25, 0.3) is 5.91 Å². The first kappa shape index (κ1) is 26.2.